The molecule has 0 aromatic heterocycles. The van der Waals surface area contributed by atoms with Crippen molar-refractivity contribution in [2.45, 2.75) is 18.9 Å². The van der Waals surface area contributed by atoms with Crippen molar-refractivity contribution >= 4 is 0 Å². The van der Waals surface area contributed by atoms with Crippen LogP contribution in [0, 0.1) is 0 Å². The number of rotatable bonds is 6. The normalized spacial score (nSPS) is 11.9. The predicted octanol–water partition coefficient (Wildman–Crippen LogP) is 2.67. The van der Waals surface area contributed by atoms with Crippen molar-refractivity contribution in [2.75, 3.05) is 14.2 Å². The Bertz CT molecular complexity index is 328. The summed E-state index contributed by atoms with van der Waals surface area (Å²) in [6, 6.07) is 5.59. The van der Waals surface area contributed by atoms with Gasteiger partial charge in [-0.2, -0.15) is 0 Å². The minimum Gasteiger partial charge on any atom is -0.496 e. The molecule has 0 unspecified atom stereocenters. The molecule has 2 N–H and O–H groups in total. The zero-order valence-corrected chi connectivity index (χ0v) is 9.90. The van der Waals surface area contributed by atoms with Gasteiger partial charge in [0.25, 0.3) is 0 Å². The first-order valence-corrected chi connectivity index (χ1v) is 5.32. The third-order valence-electron chi connectivity index (χ3n) is 2.52. The first-order valence-electron chi connectivity index (χ1n) is 5.32. The number of hydrogen-bond donors (Lipinski definition) is 1. The van der Waals surface area contributed by atoms with Crippen LogP contribution < -0.4 is 15.2 Å². The van der Waals surface area contributed by atoms with E-state index in [9.17, 15) is 0 Å². The molecule has 0 spiro atoms. The van der Waals surface area contributed by atoms with Crippen molar-refractivity contribution in [3.05, 3.63) is 36.4 Å². The Morgan fingerprint density at radius 2 is 1.88 bits per heavy atom. The average molecular weight is 221 g/mol. The second-order valence-electron chi connectivity index (χ2n) is 3.55. The van der Waals surface area contributed by atoms with Crippen LogP contribution in [0.15, 0.2) is 30.9 Å². The smallest absolute Gasteiger partial charge is 0.127 e. The summed E-state index contributed by atoms with van der Waals surface area (Å²) in [6.45, 7) is 3.69. The van der Waals surface area contributed by atoms with Crippen LogP contribution in [0.3, 0.4) is 0 Å². The lowest BCUT2D eigenvalue weighted by Gasteiger charge is -2.18. The lowest BCUT2D eigenvalue weighted by molar-refractivity contribution is 0.377. The summed E-state index contributed by atoms with van der Waals surface area (Å²) in [5.41, 5.74) is 7.05. The van der Waals surface area contributed by atoms with Crippen molar-refractivity contribution in [1.82, 2.24) is 0 Å². The molecule has 1 aromatic rings. The summed E-state index contributed by atoms with van der Waals surface area (Å²) in [7, 11) is 3.27. The van der Waals surface area contributed by atoms with Gasteiger partial charge in [-0.3, -0.25) is 0 Å². The van der Waals surface area contributed by atoms with Gasteiger partial charge in [0.15, 0.2) is 0 Å². The molecule has 16 heavy (non-hydrogen) atoms. The topological polar surface area (TPSA) is 44.5 Å². The standard InChI is InChI=1S/C13H19NO2/c1-4-5-7-10(14)13-11(15-2)8-6-9-12(13)16-3/h4,6,8-10H,1,5,7,14H2,2-3H3/t10-/m1/s1. The molecule has 88 valence electrons. The lowest BCUT2D eigenvalue weighted by atomic mass is 10.0. The van der Waals surface area contributed by atoms with Crippen molar-refractivity contribution in [3.63, 3.8) is 0 Å². The highest BCUT2D eigenvalue weighted by atomic mass is 16.5. The quantitative estimate of drug-likeness (QED) is 0.751. The summed E-state index contributed by atoms with van der Waals surface area (Å²) in [5.74, 6) is 1.55. The second kappa shape index (κ2) is 6.18. The molecule has 0 aliphatic rings. The van der Waals surface area contributed by atoms with Gasteiger partial charge in [-0.25, -0.2) is 0 Å². The Hall–Kier alpha value is -1.48. The number of methoxy groups -OCH3 is 2. The van der Waals surface area contributed by atoms with Crippen molar-refractivity contribution < 1.29 is 9.47 Å². The van der Waals surface area contributed by atoms with E-state index in [1.807, 2.05) is 24.3 Å². The molecule has 1 atom stereocenters. The highest BCUT2D eigenvalue weighted by Gasteiger charge is 2.16. The van der Waals surface area contributed by atoms with Gasteiger partial charge in [0.2, 0.25) is 0 Å². The molecule has 0 aliphatic carbocycles. The molecular formula is C13H19NO2. The maximum absolute atomic E-state index is 6.13. The zero-order chi connectivity index (χ0) is 12.0. The van der Waals surface area contributed by atoms with Crippen molar-refractivity contribution in [3.8, 4) is 11.5 Å². The van der Waals surface area contributed by atoms with E-state index in [2.05, 4.69) is 6.58 Å². The van der Waals surface area contributed by atoms with Gasteiger partial charge in [-0.15, -0.1) is 6.58 Å². The summed E-state index contributed by atoms with van der Waals surface area (Å²) in [5, 5.41) is 0. The van der Waals surface area contributed by atoms with Crippen LogP contribution in [-0.4, -0.2) is 14.2 Å². The molecule has 3 nitrogen and oxygen atoms in total. The Morgan fingerprint density at radius 1 is 1.31 bits per heavy atom. The Morgan fingerprint density at radius 3 is 2.31 bits per heavy atom. The molecule has 0 amide bonds. The summed E-state index contributed by atoms with van der Waals surface area (Å²) in [4.78, 5) is 0. The number of ether oxygens (including phenoxy) is 2. The average Bonchev–Trinajstić information content (AvgIpc) is 2.34. The number of hydrogen-bond acceptors (Lipinski definition) is 3. The van der Waals surface area contributed by atoms with Gasteiger partial charge in [0.05, 0.1) is 19.8 Å². The zero-order valence-electron chi connectivity index (χ0n) is 9.90. The van der Waals surface area contributed by atoms with Crippen molar-refractivity contribution in [2.24, 2.45) is 5.73 Å². The van der Waals surface area contributed by atoms with Crippen LogP contribution in [0.1, 0.15) is 24.4 Å². The van der Waals surface area contributed by atoms with Crippen LogP contribution in [0.25, 0.3) is 0 Å². The highest BCUT2D eigenvalue weighted by molar-refractivity contribution is 5.46. The molecule has 1 rings (SSSR count). The van der Waals surface area contributed by atoms with Crippen LogP contribution in [-0.2, 0) is 0 Å². The highest BCUT2D eigenvalue weighted by Crippen LogP contribution is 2.34. The van der Waals surface area contributed by atoms with Gasteiger partial charge >= 0.3 is 0 Å². The van der Waals surface area contributed by atoms with Gasteiger partial charge in [0, 0.05) is 6.04 Å². The third kappa shape index (κ3) is 2.76. The summed E-state index contributed by atoms with van der Waals surface area (Å²) in [6.07, 6.45) is 3.57. The molecule has 0 aliphatic heterocycles. The van der Waals surface area contributed by atoms with Crippen LogP contribution in [0.5, 0.6) is 11.5 Å². The third-order valence-corrected chi connectivity index (χ3v) is 2.52. The first kappa shape index (κ1) is 12.6. The Labute approximate surface area is 96.9 Å². The van der Waals surface area contributed by atoms with Crippen LogP contribution in [0.2, 0.25) is 0 Å². The van der Waals surface area contributed by atoms with E-state index in [0.29, 0.717) is 0 Å². The molecule has 1 aromatic carbocycles. The minimum atomic E-state index is -0.0934. The Balaban J connectivity index is 3.02. The van der Waals surface area contributed by atoms with Crippen LogP contribution >= 0.6 is 0 Å². The molecule has 3 heteroatoms. The lowest BCUT2D eigenvalue weighted by Crippen LogP contribution is -2.12. The predicted molar refractivity (Wildman–Crippen MR) is 65.9 cm³/mol. The number of nitrogens with two attached hydrogens (primary N) is 1. The van der Waals surface area contributed by atoms with Gasteiger partial charge in [-0.1, -0.05) is 12.1 Å². The molecule has 0 bridgehead atoms. The maximum Gasteiger partial charge on any atom is 0.127 e. The molecule has 0 fully saturated rings. The fourth-order valence-electron chi connectivity index (χ4n) is 1.69. The number of benzene rings is 1. The molecule has 0 saturated carbocycles. The van der Waals surface area contributed by atoms with E-state index < -0.39 is 0 Å². The number of allylic oxidation sites excluding steroid dienone is 1. The monoisotopic (exact) mass is 221 g/mol. The first-order chi connectivity index (χ1) is 7.74. The van der Waals surface area contributed by atoms with E-state index in [4.69, 9.17) is 15.2 Å². The Kier molecular flexibility index (Phi) is 4.86. The molecule has 0 heterocycles. The van der Waals surface area contributed by atoms with Crippen molar-refractivity contribution in [1.29, 1.82) is 0 Å². The molecular weight excluding hydrogens is 202 g/mol. The largest absolute Gasteiger partial charge is 0.496 e. The fraction of sp³-hybridized carbons (Fsp3) is 0.385. The van der Waals surface area contributed by atoms with E-state index >= 15 is 0 Å². The minimum absolute atomic E-state index is 0.0934. The molecule has 0 saturated heterocycles. The van der Waals surface area contributed by atoms with Crippen LogP contribution in [0.4, 0.5) is 0 Å². The summed E-state index contributed by atoms with van der Waals surface area (Å²) < 4.78 is 10.6. The van der Waals surface area contributed by atoms with E-state index in [1.54, 1.807) is 14.2 Å². The van der Waals surface area contributed by atoms with Gasteiger partial charge in [0.1, 0.15) is 11.5 Å². The van der Waals surface area contributed by atoms with E-state index in [0.717, 1.165) is 29.9 Å². The van der Waals surface area contributed by atoms with E-state index in [1.165, 1.54) is 0 Å². The maximum atomic E-state index is 6.13. The van der Waals surface area contributed by atoms with E-state index in [-0.39, 0.29) is 6.04 Å². The fourth-order valence-corrected chi connectivity index (χ4v) is 1.69. The molecule has 0 radical (unpaired) electrons. The van der Waals surface area contributed by atoms with Gasteiger partial charge in [-0.05, 0) is 25.0 Å². The van der Waals surface area contributed by atoms with Gasteiger partial charge < -0.3 is 15.2 Å². The SMILES string of the molecule is C=CCC[C@@H](N)c1c(OC)cccc1OC. The second-order valence-corrected chi connectivity index (χ2v) is 3.55. The summed E-state index contributed by atoms with van der Waals surface area (Å²) >= 11 is 0.